The van der Waals surface area contributed by atoms with Crippen LogP contribution in [0, 0.1) is 0 Å². The Balaban J connectivity index is 2.03. The van der Waals surface area contributed by atoms with Crippen molar-refractivity contribution in [3.8, 4) is 0 Å². The molecule has 0 heterocycles. The van der Waals surface area contributed by atoms with Gasteiger partial charge in [-0.05, 0) is 12.0 Å². The third kappa shape index (κ3) is 6.44. The number of ether oxygens (including phenoxy) is 1. The maximum absolute atomic E-state index is 6.03. The molecule has 1 unspecified atom stereocenters. The Morgan fingerprint density at radius 2 is 1.76 bits per heavy atom. The molecule has 0 spiro atoms. The number of hydrogen-bond donors (Lipinski definition) is 1. The molecule has 1 aromatic rings. The molecular formula is C15H25NO. The molecule has 0 aliphatic rings. The van der Waals surface area contributed by atoms with E-state index in [-0.39, 0.29) is 6.04 Å². The summed E-state index contributed by atoms with van der Waals surface area (Å²) in [5.41, 5.74) is 7.18. The summed E-state index contributed by atoms with van der Waals surface area (Å²) in [7, 11) is 0. The molecule has 0 saturated heterocycles. The molecule has 2 heteroatoms. The van der Waals surface area contributed by atoms with Crippen molar-refractivity contribution in [3.63, 3.8) is 0 Å². The predicted octanol–water partition coefficient (Wildman–Crippen LogP) is 3.67. The summed E-state index contributed by atoms with van der Waals surface area (Å²) in [6.45, 7) is 3.69. The second-order valence-corrected chi connectivity index (χ2v) is 4.51. The summed E-state index contributed by atoms with van der Waals surface area (Å²) in [5.74, 6) is 0. The molecule has 0 saturated carbocycles. The Labute approximate surface area is 105 Å². The van der Waals surface area contributed by atoms with Crippen LogP contribution in [0.1, 0.15) is 50.6 Å². The van der Waals surface area contributed by atoms with Gasteiger partial charge in [-0.15, -0.1) is 0 Å². The van der Waals surface area contributed by atoms with Crippen molar-refractivity contribution in [2.75, 3.05) is 13.2 Å². The number of nitrogens with two attached hydrogens (primary N) is 1. The second kappa shape index (κ2) is 9.20. The fourth-order valence-corrected chi connectivity index (χ4v) is 1.81. The lowest BCUT2D eigenvalue weighted by atomic mass is 10.1. The maximum atomic E-state index is 6.03. The zero-order valence-electron chi connectivity index (χ0n) is 10.9. The van der Waals surface area contributed by atoms with Crippen LogP contribution in [0.15, 0.2) is 30.3 Å². The van der Waals surface area contributed by atoms with Crippen molar-refractivity contribution in [2.45, 2.75) is 45.1 Å². The van der Waals surface area contributed by atoms with E-state index in [9.17, 15) is 0 Å². The van der Waals surface area contributed by atoms with E-state index in [1.807, 2.05) is 18.2 Å². The quantitative estimate of drug-likeness (QED) is 0.663. The molecule has 1 aromatic carbocycles. The van der Waals surface area contributed by atoms with Crippen LogP contribution in [0.5, 0.6) is 0 Å². The van der Waals surface area contributed by atoms with Crippen molar-refractivity contribution in [1.82, 2.24) is 0 Å². The van der Waals surface area contributed by atoms with Crippen LogP contribution in [-0.2, 0) is 4.74 Å². The maximum Gasteiger partial charge on any atom is 0.0659 e. The number of hydrogen-bond acceptors (Lipinski definition) is 2. The molecule has 0 fully saturated rings. The van der Waals surface area contributed by atoms with E-state index in [2.05, 4.69) is 19.1 Å². The van der Waals surface area contributed by atoms with E-state index in [4.69, 9.17) is 10.5 Å². The fraction of sp³-hybridized carbons (Fsp3) is 0.600. The number of benzene rings is 1. The van der Waals surface area contributed by atoms with Crippen LogP contribution < -0.4 is 5.73 Å². The Bertz CT molecular complexity index is 274. The molecule has 2 N–H and O–H groups in total. The number of unbranched alkanes of at least 4 members (excludes halogenated alkanes) is 4. The second-order valence-electron chi connectivity index (χ2n) is 4.51. The van der Waals surface area contributed by atoms with Gasteiger partial charge in [0.1, 0.15) is 0 Å². The Morgan fingerprint density at radius 1 is 1.06 bits per heavy atom. The van der Waals surface area contributed by atoms with Crippen LogP contribution in [0.3, 0.4) is 0 Å². The Morgan fingerprint density at radius 3 is 2.47 bits per heavy atom. The highest BCUT2D eigenvalue weighted by Gasteiger charge is 2.04. The smallest absolute Gasteiger partial charge is 0.0659 e. The van der Waals surface area contributed by atoms with Gasteiger partial charge in [-0.2, -0.15) is 0 Å². The molecular weight excluding hydrogens is 210 g/mol. The van der Waals surface area contributed by atoms with E-state index < -0.39 is 0 Å². The van der Waals surface area contributed by atoms with Gasteiger partial charge in [-0.3, -0.25) is 0 Å². The molecule has 1 atom stereocenters. The highest BCUT2D eigenvalue weighted by Crippen LogP contribution is 2.10. The van der Waals surface area contributed by atoms with Gasteiger partial charge in [0.15, 0.2) is 0 Å². The molecule has 96 valence electrons. The first-order valence-electron chi connectivity index (χ1n) is 6.73. The highest BCUT2D eigenvalue weighted by atomic mass is 16.5. The van der Waals surface area contributed by atoms with Gasteiger partial charge in [0, 0.05) is 6.61 Å². The molecule has 0 aliphatic carbocycles. The molecule has 17 heavy (non-hydrogen) atoms. The van der Waals surface area contributed by atoms with Crippen molar-refractivity contribution in [1.29, 1.82) is 0 Å². The lowest BCUT2D eigenvalue weighted by Gasteiger charge is -2.12. The summed E-state index contributed by atoms with van der Waals surface area (Å²) >= 11 is 0. The SMILES string of the molecule is CCCCCCCOCC(N)c1ccccc1. The van der Waals surface area contributed by atoms with Gasteiger partial charge < -0.3 is 10.5 Å². The van der Waals surface area contributed by atoms with Crippen molar-refractivity contribution >= 4 is 0 Å². The minimum atomic E-state index is 0.00634. The average Bonchev–Trinajstić information content (AvgIpc) is 2.38. The standard InChI is InChI=1S/C15H25NO/c1-2-3-4-5-9-12-17-13-15(16)14-10-7-6-8-11-14/h6-8,10-11,15H,2-5,9,12-13,16H2,1H3. The molecule has 2 nitrogen and oxygen atoms in total. The van der Waals surface area contributed by atoms with Crippen LogP contribution in [0.2, 0.25) is 0 Å². The summed E-state index contributed by atoms with van der Waals surface area (Å²) in [4.78, 5) is 0. The van der Waals surface area contributed by atoms with Gasteiger partial charge in [-0.1, -0.05) is 62.9 Å². The van der Waals surface area contributed by atoms with E-state index in [0.717, 1.165) is 18.6 Å². The molecule has 0 aliphatic heterocycles. The zero-order chi connectivity index (χ0) is 12.3. The van der Waals surface area contributed by atoms with E-state index >= 15 is 0 Å². The van der Waals surface area contributed by atoms with E-state index in [1.54, 1.807) is 0 Å². The van der Waals surface area contributed by atoms with Gasteiger partial charge in [0.25, 0.3) is 0 Å². The first-order chi connectivity index (χ1) is 8.34. The van der Waals surface area contributed by atoms with Crippen molar-refractivity contribution in [3.05, 3.63) is 35.9 Å². The predicted molar refractivity (Wildman–Crippen MR) is 72.9 cm³/mol. The normalized spacial score (nSPS) is 12.6. The van der Waals surface area contributed by atoms with Crippen LogP contribution >= 0.6 is 0 Å². The fourth-order valence-electron chi connectivity index (χ4n) is 1.81. The van der Waals surface area contributed by atoms with Crippen LogP contribution in [0.4, 0.5) is 0 Å². The van der Waals surface area contributed by atoms with Crippen molar-refractivity contribution < 1.29 is 4.74 Å². The van der Waals surface area contributed by atoms with E-state index in [1.165, 1.54) is 25.7 Å². The lowest BCUT2D eigenvalue weighted by molar-refractivity contribution is 0.117. The largest absolute Gasteiger partial charge is 0.379 e. The first kappa shape index (κ1) is 14.2. The van der Waals surface area contributed by atoms with Crippen LogP contribution in [0.25, 0.3) is 0 Å². The first-order valence-corrected chi connectivity index (χ1v) is 6.73. The summed E-state index contributed by atoms with van der Waals surface area (Å²) in [6.07, 6.45) is 6.38. The average molecular weight is 235 g/mol. The Kier molecular flexibility index (Phi) is 7.69. The minimum absolute atomic E-state index is 0.00634. The molecule has 0 aromatic heterocycles. The molecule has 0 bridgehead atoms. The summed E-state index contributed by atoms with van der Waals surface area (Å²) in [5, 5.41) is 0. The van der Waals surface area contributed by atoms with Crippen LogP contribution in [-0.4, -0.2) is 13.2 Å². The molecule has 0 radical (unpaired) electrons. The third-order valence-electron chi connectivity index (χ3n) is 2.92. The van der Waals surface area contributed by atoms with Gasteiger partial charge >= 0.3 is 0 Å². The third-order valence-corrected chi connectivity index (χ3v) is 2.92. The van der Waals surface area contributed by atoms with E-state index in [0.29, 0.717) is 6.61 Å². The number of rotatable bonds is 9. The van der Waals surface area contributed by atoms with Gasteiger partial charge in [0.05, 0.1) is 12.6 Å². The minimum Gasteiger partial charge on any atom is -0.379 e. The summed E-state index contributed by atoms with van der Waals surface area (Å²) < 4.78 is 5.61. The molecule has 1 rings (SSSR count). The van der Waals surface area contributed by atoms with Crippen molar-refractivity contribution in [2.24, 2.45) is 5.73 Å². The zero-order valence-corrected chi connectivity index (χ0v) is 10.9. The lowest BCUT2D eigenvalue weighted by Crippen LogP contribution is -2.17. The topological polar surface area (TPSA) is 35.2 Å². The monoisotopic (exact) mass is 235 g/mol. The van der Waals surface area contributed by atoms with Gasteiger partial charge in [0.2, 0.25) is 0 Å². The Hall–Kier alpha value is -0.860. The molecule has 0 amide bonds. The summed E-state index contributed by atoms with van der Waals surface area (Å²) in [6, 6.07) is 10.1. The van der Waals surface area contributed by atoms with Gasteiger partial charge in [-0.25, -0.2) is 0 Å². The highest BCUT2D eigenvalue weighted by molar-refractivity contribution is 5.18.